The first-order valence-corrected chi connectivity index (χ1v) is 7.16. The minimum Gasteiger partial charge on any atom is -0.419 e. The zero-order valence-corrected chi connectivity index (χ0v) is 13.8. The Morgan fingerprint density at radius 2 is 1.67 bits per heavy atom. The molecular formula is C14H10Cl2F3NO4. The lowest BCUT2D eigenvalue weighted by molar-refractivity contribution is -0.222. The van der Waals surface area contributed by atoms with E-state index < -0.39 is 40.1 Å². The Morgan fingerprint density at radius 3 is 2.17 bits per heavy atom. The second-order valence-electron chi connectivity index (χ2n) is 5.16. The van der Waals surface area contributed by atoms with Gasteiger partial charge in [0, 0.05) is 20.0 Å². The van der Waals surface area contributed by atoms with Gasteiger partial charge in [-0.3, -0.25) is 0 Å². The summed E-state index contributed by atoms with van der Waals surface area (Å²) in [5.41, 5.74) is -1.98. The van der Waals surface area contributed by atoms with E-state index in [4.69, 9.17) is 32.7 Å². The molecule has 2 rings (SSSR count). The number of cyclic esters (lactones) is 2. The smallest absolute Gasteiger partial charge is 0.417 e. The van der Waals surface area contributed by atoms with Crippen molar-refractivity contribution in [3.63, 3.8) is 0 Å². The van der Waals surface area contributed by atoms with Gasteiger partial charge in [0.15, 0.2) is 5.57 Å². The molecule has 10 heteroatoms. The maximum absolute atomic E-state index is 12.8. The van der Waals surface area contributed by atoms with Crippen LogP contribution < -0.4 is 5.32 Å². The van der Waals surface area contributed by atoms with Crippen molar-refractivity contribution in [3.05, 3.63) is 39.5 Å². The highest BCUT2D eigenvalue weighted by atomic mass is 35.5. The Bertz CT molecular complexity index is 722. The van der Waals surface area contributed by atoms with E-state index in [1.807, 2.05) is 0 Å². The molecule has 0 atom stereocenters. The van der Waals surface area contributed by atoms with E-state index in [1.165, 1.54) is 13.8 Å². The van der Waals surface area contributed by atoms with Gasteiger partial charge < -0.3 is 14.8 Å². The highest BCUT2D eigenvalue weighted by molar-refractivity contribution is 6.39. The van der Waals surface area contributed by atoms with E-state index in [0.717, 1.165) is 12.3 Å². The van der Waals surface area contributed by atoms with Crippen molar-refractivity contribution in [1.29, 1.82) is 0 Å². The largest absolute Gasteiger partial charge is 0.419 e. The molecule has 0 aliphatic carbocycles. The summed E-state index contributed by atoms with van der Waals surface area (Å²) in [6.45, 7) is 2.71. The van der Waals surface area contributed by atoms with E-state index in [2.05, 4.69) is 5.32 Å². The first kappa shape index (κ1) is 18.4. The molecular weight excluding hydrogens is 374 g/mol. The molecule has 1 aliphatic heterocycles. The Labute approximate surface area is 144 Å². The molecule has 0 bridgehead atoms. The van der Waals surface area contributed by atoms with Gasteiger partial charge >= 0.3 is 18.1 Å². The maximum atomic E-state index is 12.8. The Kier molecular flexibility index (Phi) is 4.74. The molecule has 0 unspecified atom stereocenters. The van der Waals surface area contributed by atoms with Gasteiger partial charge in [-0.1, -0.05) is 23.2 Å². The van der Waals surface area contributed by atoms with Crippen LogP contribution in [0.2, 0.25) is 10.0 Å². The molecule has 0 amide bonds. The van der Waals surface area contributed by atoms with Gasteiger partial charge in [0.2, 0.25) is 0 Å². The Morgan fingerprint density at radius 1 is 1.12 bits per heavy atom. The minimum atomic E-state index is -4.70. The summed E-state index contributed by atoms with van der Waals surface area (Å²) in [6.07, 6.45) is -3.87. The highest BCUT2D eigenvalue weighted by Gasteiger charge is 2.39. The van der Waals surface area contributed by atoms with Crippen molar-refractivity contribution in [2.75, 3.05) is 5.32 Å². The van der Waals surface area contributed by atoms with Gasteiger partial charge in [-0.2, -0.15) is 13.2 Å². The second-order valence-corrected chi connectivity index (χ2v) is 5.95. The standard InChI is InChI=1S/C14H10Cl2F3NO4/c1-13(2)23-11(21)6(12(22)24-13)5-20-10-8(15)4-3-7(9(10)16)14(17,18)19/h3-5,20H,1-2H3. The number of halogens is 5. The lowest BCUT2D eigenvalue weighted by Crippen LogP contribution is -2.42. The molecule has 24 heavy (non-hydrogen) atoms. The van der Waals surface area contributed by atoms with Crippen molar-refractivity contribution in [2.45, 2.75) is 25.8 Å². The van der Waals surface area contributed by atoms with Crippen LogP contribution in [-0.2, 0) is 25.2 Å². The maximum Gasteiger partial charge on any atom is 0.417 e. The number of carbonyl (C=O) groups excluding carboxylic acids is 2. The van der Waals surface area contributed by atoms with Crippen molar-refractivity contribution in [1.82, 2.24) is 0 Å². The SMILES string of the molecule is CC1(C)OC(=O)C(=CNc2c(Cl)ccc(C(F)(F)F)c2Cl)C(=O)O1. The first-order valence-electron chi connectivity index (χ1n) is 6.41. The Balaban J connectivity index is 2.36. The predicted octanol–water partition coefficient (Wildman–Crippen LogP) is 4.14. The summed E-state index contributed by atoms with van der Waals surface area (Å²) >= 11 is 11.5. The summed E-state index contributed by atoms with van der Waals surface area (Å²) in [7, 11) is 0. The summed E-state index contributed by atoms with van der Waals surface area (Å²) < 4.78 is 48.2. The van der Waals surface area contributed by atoms with E-state index >= 15 is 0 Å². The molecule has 130 valence electrons. The molecule has 0 spiro atoms. The van der Waals surface area contributed by atoms with E-state index in [1.54, 1.807) is 0 Å². The van der Waals surface area contributed by atoms with Crippen LogP contribution in [0, 0.1) is 0 Å². The average molecular weight is 384 g/mol. The number of ether oxygens (including phenoxy) is 2. The molecule has 1 aliphatic rings. The number of anilines is 1. The van der Waals surface area contributed by atoms with Gasteiger partial charge in [0.25, 0.3) is 5.79 Å². The van der Waals surface area contributed by atoms with E-state index in [-0.39, 0.29) is 10.7 Å². The summed E-state index contributed by atoms with van der Waals surface area (Å²) in [6, 6.07) is 1.70. The number of carbonyl (C=O) groups is 2. The van der Waals surface area contributed by atoms with Crippen LogP contribution in [0.4, 0.5) is 18.9 Å². The molecule has 0 aromatic heterocycles. The van der Waals surface area contributed by atoms with Gasteiger partial charge in [0.05, 0.1) is 21.3 Å². The fraction of sp³-hybridized carbons (Fsp3) is 0.286. The molecule has 5 nitrogen and oxygen atoms in total. The van der Waals surface area contributed by atoms with Crippen LogP contribution in [0.15, 0.2) is 23.9 Å². The van der Waals surface area contributed by atoms with Crippen molar-refractivity contribution < 1.29 is 32.2 Å². The lowest BCUT2D eigenvalue weighted by Gasteiger charge is -2.29. The summed E-state index contributed by atoms with van der Waals surface area (Å²) in [4.78, 5) is 23.5. The van der Waals surface area contributed by atoms with Crippen molar-refractivity contribution in [3.8, 4) is 0 Å². The molecule has 1 heterocycles. The number of hydrogen-bond acceptors (Lipinski definition) is 5. The predicted molar refractivity (Wildman–Crippen MR) is 79.4 cm³/mol. The van der Waals surface area contributed by atoms with Crippen LogP contribution in [0.1, 0.15) is 19.4 Å². The minimum absolute atomic E-state index is 0.136. The number of nitrogens with one attached hydrogen (secondary N) is 1. The van der Waals surface area contributed by atoms with Crippen LogP contribution in [0.5, 0.6) is 0 Å². The number of hydrogen-bond donors (Lipinski definition) is 1. The summed E-state index contributed by atoms with van der Waals surface area (Å²) in [5.74, 6) is -3.43. The molecule has 1 N–H and O–H groups in total. The molecule has 1 aromatic carbocycles. The van der Waals surface area contributed by atoms with Crippen molar-refractivity contribution >= 4 is 40.8 Å². The lowest BCUT2D eigenvalue weighted by atomic mass is 10.2. The monoisotopic (exact) mass is 383 g/mol. The molecule has 1 aromatic rings. The van der Waals surface area contributed by atoms with Gasteiger partial charge in [-0.05, 0) is 12.1 Å². The second kappa shape index (κ2) is 6.18. The third kappa shape index (κ3) is 3.76. The molecule has 0 saturated carbocycles. The van der Waals surface area contributed by atoms with Gasteiger partial charge in [-0.15, -0.1) is 0 Å². The number of esters is 2. The number of benzene rings is 1. The quantitative estimate of drug-likeness (QED) is 0.472. The highest BCUT2D eigenvalue weighted by Crippen LogP contribution is 2.41. The third-order valence-electron chi connectivity index (χ3n) is 2.87. The van der Waals surface area contributed by atoms with Crippen LogP contribution in [0.3, 0.4) is 0 Å². The van der Waals surface area contributed by atoms with Gasteiger partial charge in [-0.25, -0.2) is 9.59 Å². The molecule has 1 fully saturated rings. The topological polar surface area (TPSA) is 64.6 Å². The van der Waals surface area contributed by atoms with Crippen LogP contribution in [-0.4, -0.2) is 17.7 Å². The zero-order valence-electron chi connectivity index (χ0n) is 12.3. The third-order valence-corrected chi connectivity index (χ3v) is 3.58. The molecule has 0 radical (unpaired) electrons. The number of alkyl halides is 3. The van der Waals surface area contributed by atoms with E-state index in [0.29, 0.717) is 6.07 Å². The number of rotatable bonds is 2. The normalized spacial score (nSPS) is 17.2. The van der Waals surface area contributed by atoms with Crippen molar-refractivity contribution in [2.24, 2.45) is 0 Å². The zero-order chi connectivity index (χ0) is 18.3. The fourth-order valence-corrected chi connectivity index (χ4v) is 2.41. The Hall–Kier alpha value is -1.93. The van der Waals surface area contributed by atoms with Gasteiger partial charge in [0.1, 0.15) is 0 Å². The van der Waals surface area contributed by atoms with E-state index in [9.17, 15) is 22.8 Å². The average Bonchev–Trinajstić information content (AvgIpc) is 2.37. The van der Waals surface area contributed by atoms with Crippen LogP contribution >= 0.6 is 23.2 Å². The first-order chi connectivity index (χ1) is 10.9. The van der Waals surface area contributed by atoms with Crippen LogP contribution in [0.25, 0.3) is 0 Å². The summed E-state index contributed by atoms with van der Waals surface area (Å²) in [5, 5.41) is 1.48. The molecule has 1 saturated heterocycles. The fourth-order valence-electron chi connectivity index (χ4n) is 1.83.